The second-order valence-electron chi connectivity index (χ2n) is 4.12. The maximum absolute atomic E-state index is 4.59. The monoisotopic (exact) mass is 280 g/mol. The third kappa shape index (κ3) is 2.85. The van der Waals surface area contributed by atoms with Crippen molar-refractivity contribution >= 4 is 27.5 Å². The van der Waals surface area contributed by atoms with E-state index in [4.69, 9.17) is 0 Å². The minimum Gasteiger partial charge on any atom is -0.330 e. The number of aliphatic imine (C=N–C) groups is 1. The Balaban J connectivity index is 2.22. The third-order valence-corrected chi connectivity index (χ3v) is 3.44. The highest BCUT2D eigenvalue weighted by Gasteiger charge is 2.10. The molecule has 1 aromatic carbocycles. The van der Waals surface area contributed by atoms with Gasteiger partial charge in [0.05, 0.1) is 0 Å². The second-order valence-corrected chi connectivity index (χ2v) is 5.03. The van der Waals surface area contributed by atoms with E-state index >= 15 is 0 Å². The molecular formula is C13H17BrN2. The highest BCUT2D eigenvalue weighted by Crippen LogP contribution is 2.20. The summed E-state index contributed by atoms with van der Waals surface area (Å²) in [5.41, 5.74) is 1.24. The molecule has 1 aliphatic heterocycles. The van der Waals surface area contributed by atoms with Crippen molar-refractivity contribution in [1.82, 2.24) is 0 Å². The van der Waals surface area contributed by atoms with Gasteiger partial charge in [-0.05, 0) is 50.5 Å². The molecule has 16 heavy (non-hydrogen) atoms. The quantitative estimate of drug-likeness (QED) is 0.763. The fourth-order valence-electron chi connectivity index (χ4n) is 1.98. The van der Waals surface area contributed by atoms with E-state index in [2.05, 4.69) is 57.0 Å². The van der Waals surface area contributed by atoms with Gasteiger partial charge in [0.2, 0.25) is 0 Å². The molecule has 0 saturated carbocycles. The molecule has 0 amide bonds. The lowest BCUT2D eigenvalue weighted by Crippen LogP contribution is -2.31. The predicted molar refractivity (Wildman–Crippen MR) is 73.3 cm³/mol. The highest BCUT2D eigenvalue weighted by atomic mass is 79.9. The Kier molecular flexibility index (Phi) is 3.99. The van der Waals surface area contributed by atoms with Gasteiger partial charge in [-0.25, -0.2) is 0 Å². The topological polar surface area (TPSA) is 15.6 Å². The maximum Gasteiger partial charge on any atom is 0.100 e. The molecule has 1 aromatic rings. The Hall–Kier alpha value is -0.830. The Labute approximate surface area is 106 Å². The number of nitrogens with zero attached hydrogens (tertiary/aromatic N) is 2. The first-order chi connectivity index (χ1) is 7.77. The maximum atomic E-state index is 4.59. The Bertz CT molecular complexity index is 370. The summed E-state index contributed by atoms with van der Waals surface area (Å²) >= 11 is 3.46. The van der Waals surface area contributed by atoms with Crippen molar-refractivity contribution in [2.75, 3.05) is 18.0 Å². The minimum absolute atomic E-state index is 0.971. The van der Waals surface area contributed by atoms with Crippen LogP contribution in [0.4, 0.5) is 5.69 Å². The van der Waals surface area contributed by atoms with E-state index in [0.717, 1.165) is 23.4 Å². The van der Waals surface area contributed by atoms with Gasteiger partial charge in [0.15, 0.2) is 0 Å². The van der Waals surface area contributed by atoms with Gasteiger partial charge in [0, 0.05) is 23.2 Å². The minimum atomic E-state index is 0.971. The number of amidine groups is 1. The van der Waals surface area contributed by atoms with Gasteiger partial charge in [0.1, 0.15) is 5.84 Å². The summed E-state index contributed by atoms with van der Waals surface area (Å²) in [5, 5.41) is 0. The lowest BCUT2D eigenvalue weighted by atomic mass is 10.2. The van der Waals surface area contributed by atoms with Gasteiger partial charge < -0.3 is 4.90 Å². The number of anilines is 1. The molecule has 1 heterocycles. The van der Waals surface area contributed by atoms with Crippen LogP contribution in [-0.4, -0.2) is 18.9 Å². The van der Waals surface area contributed by atoms with Crippen LogP contribution in [-0.2, 0) is 0 Å². The van der Waals surface area contributed by atoms with Gasteiger partial charge in [0.25, 0.3) is 0 Å². The molecule has 86 valence electrons. The third-order valence-electron chi connectivity index (χ3n) is 2.91. The zero-order valence-corrected chi connectivity index (χ0v) is 11.2. The molecule has 0 bridgehead atoms. The first kappa shape index (κ1) is 11.6. The fourth-order valence-corrected chi connectivity index (χ4v) is 2.25. The molecule has 0 atom stereocenters. The summed E-state index contributed by atoms with van der Waals surface area (Å²) in [6.45, 7) is 4.16. The van der Waals surface area contributed by atoms with Crippen LogP contribution < -0.4 is 4.90 Å². The molecule has 0 N–H and O–H groups in total. The summed E-state index contributed by atoms with van der Waals surface area (Å²) in [7, 11) is 0. The number of hydrogen-bond acceptors (Lipinski definition) is 2. The summed E-state index contributed by atoms with van der Waals surface area (Å²) in [6, 6.07) is 8.46. The zero-order valence-electron chi connectivity index (χ0n) is 9.62. The van der Waals surface area contributed by atoms with Crippen LogP contribution >= 0.6 is 15.9 Å². The first-order valence-corrected chi connectivity index (χ1v) is 6.61. The van der Waals surface area contributed by atoms with E-state index in [1.165, 1.54) is 24.9 Å². The van der Waals surface area contributed by atoms with Gasteiger partial charge >= 0.3 is 0 Å². The molecule has 0 aromatic heterocycles. The van der Waals surface area contributed by atoms with E-state index in [1.54, 1.807) is 0 Å². The van der Waals surface area contributed by atoms with Crippen LogP contribution in [0, 0.1) is 0 Å². The molecule has 0 saturated heterocycles. The van der Waals surface area contributed by atoms with E-state index in [1.807, 2.05) is 0 Å². The van der Waals surface area contributed by atoms with Gasteiger partial charge in [-0.15, -0.1) is 0 Å². The number of hydrogen-bond donors (Lipinski definition) is 0. The van der Waals surface area contributed by atoms with Crippen molar-refractivity contribution in [3.05, 3.63) is 28.7 Å². The summed E-state index contributed by atoms with van der Waals surface area (Å²) in [4.78, 5) is 6.91. The van der Waals surface area contributed by atoms with Crippen LogP contribution in [0.15, 0.2) is 33.7 Å². The Morgan fingerprint density at radius 2 is 1.88 bits per heavy atom. The van der Waals surface area contributed by atoms with Gasteiger partial charge in [-0.3, -0.25) is 4.99 Å². The molecule has 0 spiro atoms. The van der Waals surface area contributed by atoms with Crippen molar-refractivity contribution in [2.45, 2.75) is 26.2 Å². The van der Waals surface area contributed by atoms with Crippen LogP contribution in [0.1, 0.15) is 26.2 Å². The van der Waals surface area contributed by atoms with Crippen LogP contribution in [0.2, 0.25) is 0 Å². The second kappa shape index (κ2) is 5.48. The Morgan fingerprint density at radius 1 is 1.12 bits per heavy atom. The molecule has 0 fully saturated rings. The van der Waals surface area contributed by atoms with Crippen molar-refractivity contribution < 1.29 is 0 Å². The number of halogens is 1. The average molecular weight is 281 g/mol. The molecule has 2 nitrogen and oxygen atoms in total. The molecule has 0 unspecified atom stereocenters. The summed E-state index contributed by atoms with van der Waals surface area (Å²) in [6.07, 6.45) is 3.76. The van der Waals surface area contributed by atoms with Crippen molar-refractivity contribution in [1.29, 1.82) is 0 Å². The molecule has 0 aliphatic carbocycles. The molecule has 3 heteroatoms. The van der Waals surface area contributed by atoms with E-state index in [-0.39, 0.29) is 0 Å². The number of benzene rings is 1. The zero-order chi connectivity index (χ0) is 11.4. The van der Waals surface area contributed by atoms with Gasteiger partial charge in [-0.1, -0.05) is 15.9 Å². The predicted octanol–water partition coefficient (Wildman–Crippen LogP) is 3.86. The summed E-state index contributed by atoms with van der Waals surface area (Å²) < 4.78 is 1.12. The molecular weight excluding hydrogens is 264 g/mol. The molecule has 1 aliphatic rings. The largest absolute Gasteiger partial charge is 0.330 e. The lowest BCUT2D eigenvalue weighted by Gasteiger charge is -2.26. The standard InChI is InChI=1S/C13H17BrN2/c1-11-15-9-3-2-4-10-16(11)13-7-5-12(14)6-8-13/h5-8H,2-4,9-10H2,1H3. The highest BCUT2D eigenvalue weighted by molar-refractivity contribution is 9.10. The van der Waals surface area contributed by atoms with E-state index in [0.29, 0.717) is 0 Å². The Morgan fingerprint density at radius 3 is 2.62 bits per heavy atom. The normalized spacial score (nSPS) is 17.6. The van der Waals surface area contributed by atoms with Crippen molar-refractivity contribution in [3.8, 4) is 0 Å². The van der Waals surface area contributed by atoms with Crippen molar-refractivity contribution in [3.63, 3.8) is 0 Å². The van der Waals surface area contributed by atoms with Crippen LogP contribution in [0.25, 0.3) is 0 Å². The van der Waals surface area contributed by atoms with Gasteiger partial charge in [-0.2, -0.15) is 0 Å². The van der Waals surface area contributed by atoms with Crippen molar-refractivity contribution in [2.24, 2.45) is 4.99 Å². The lowest BCUT2D eigenvalue weighted by molar-refractivity contribution is 0.675. The summed E-state index contributed by atoms with van der Waals surface area (Å²) in [5.74, 6) is 1.14. The SMILES string of the molecule is CC1=NCCCCCN1c1ccc(Br)cc1. The van der Waals surface area contributed by atoms with E-state index in [9.17, 15) is 0 Å². The fraction of sp³-hybridized carbons (Fsp3) is 0.462. The number of rotatable bonds is 1. The average Bonchev–Trinajstić information content (AvgIpc) is 2.26. The van der Waals surface area contributed by atoms with Crippen LogP contribution in [0.5, 0.6) is 0 Å². The first-order valence-electron chi connectivity index (χ1n) is 5.81. The molecule has 0 radical (unpaired) electrons. The van der Waals surface area contributed by atoms with Crippen LogP contribution in [0.3, 0.4) is 0 Å². The van der Waals surface area contributed by atoms with E-state index < -0.39 is 0 Å². The smallest absolute Gasteiger partial charge is 0.100 e. The molecule has 2 rings (SSSR count).